The summed E-state index contributed by atoms with van der Waals surface area (Å²) in [5, 5.41) is 7.50. The van der Waals surface area contributed by atoms with Gasteiger partial charge in [0.15, 0.2) is 0 Å². The number of halogens is 1. The molecule has 2 rings (SSSR count). The smallest absolute Gasteiger partial charge is 0.248 e. The second-order valence-corrected chi connectivity index (χ2v) is 5.21. The Balaban J connectivity index is 1.95. The van der Waals surface area contributed by atoms with Crippen LogP contribution in [-0.2, 0) is 11.3 Å². The van der Waals surface area contributed by atoms with Crippen LogP contribution in [0.2, 0.25) is 5.02 Å². The normalized spacial score (nSPS) is 12.1. The number of nitrogens with two attached hydrogens (primary N) is 1. The Hall–Kier alpha value is -1.92. The third-order valence-electron chi connectivity index (χ3n) is 2.97. The van der Waals surface area contributed by atoms with Gasteiger partial charge in [0.25, 0.3) is 0 Å². The largest absolute Gasteiger partial charge is 0.320 e. The minimum atomic E-state index is -0.529. The molecule has 0 radical (unpaired) electrons. The molecular formula is C14H18ClN5O. The van der Waals surface area contributed by atoms with Crippen LogP contribution in [0.3, 0.4) is 0 Å². The van der Waals surface area contributed by atoms with Crippen molar-refractivity contribution in [3.8, 4) is 0 Å². The van der Waals surface area contributed by atoms with Gasteiger partial charge in [-0.2, -0.15) is 0 Å². The van der Waals surface area contributed by atoms with Crippen LogP contribution >= 0.6 is 11.6 Å². The summed E-state index contributed by atoms with van der Waals surface area (Å²) in [6.07, 6.45) is 3.06. The van der Waals surface area contributed by atoms with E-state index in [1.807, 2.05) is 31.2 Å². The highest BCUT2D eigenvalue weighted by Crippen LogP contribution is 2.10. The molecule has 0 aliphatic rings. The quantitative estimate of drug-likeness (QED) is 0.855. The molecule has 1 aromatic carbocycles. The van der Waals surface area contributed by atoms with E-state index >= 15 is 0 Å². The van der Waals surface area contributed by atoms with Gasteiger partial charge in [0.2, 0.25) is 11.9 Å². The Morgan fingerprint density at radius 1 is 1.43 bits per heavy atom. The number of anilines is 1. The summed E-state index contributed by atoms with van der Waals surface area (Å²) in [6.45, 7) is 2.54. The highest BCUT2D eigenvalue weighted by molar-refractivity contribution is 6.30. The van der Waals surface area contributed by atoms with E-state index < -0.39 is 6.04 Å². The number of aromatic nitrogens is 3. The summed E-state index contributed by atoms with van der Waals surface area (Å²) in [7, 11) is 0. The maximum absolute atomic E-state index is 11.8. The molecule has 1 atom stereocenters. The molecule has 112 valence electrons. The van der Waals surface area contributed by atoms with Crippen LogP contribution in [0.1, 0.15) is 25.3 Å². The second-order valence-electron chi connectivity index (χ2n) is 4.78. The van der Waals surface area contributed by atoms with Crippen molar-refractivity contribution in [3.63, 3.8) is 0 Å². The molecule has 3 N–H and O–H groups in total. The van der Waals surface area contributed by atoms with E-state index in [1.165, 1.54) is 0 Å². The fraction of sp³-hybridized carbons (Fsp3) is 0.357. The number of hydrogen-bond acceptors (Lipinski definition) is 4. The number of carbonyl (C=O) groups excluding carboxylic acids is 1. The molecule has 0 spiro atoms. The van der Waals surface area contributed by atoms with Crippen molar-refractivity contribution in [1.29, 1.82) is 0 Å². The summed E-state index contributed by atoms with van der Waals surface area (Å²) in [6, 6.07) is 6.94. The first kappa shape index (κ1) is 15.5. The minimum Gasteiger partial charge on any atom is -0.320 e. The maximum Gasteiger partial charge on any atom is 0.248 e. The molecule has 1 unspecified atom stereocenters. The Morgan fingerprint density at radius 2 is 2.14 bits per heavy atom. The molecule has 7 heteroatoms. The van der Waals surface area contributed by atoms with Gasteiger partial charge in [-0.15, -0.1) is 5.10 Å². The third-order valence-corrected chi connectivity index (χ3v) is 3.22. The average Bonchev–Trinajstić information content (AvgIpc) is 2.89. The minimum absolute atomic E-state index is 0.263. The van der Waals surface area contributed by atoms with Crippen molar-refractivity contribution in [2.75, 3.05) is 5.32 Å². The van der Waals surface area contributed by atoms with Crippen molar-refractivity contribution < 1.29 is 4.79 Å². The van der Waals surface area contributed by atoms with E-state index in [4.69, 9.17) is 17.3 Å². The van der Waals surface area contributed by atoms with Gasteiger partial charge in [-0.1, -0.05) is 37.1 Å². The van der Waals surface area contributed by atoms with E-state index in [9.17, 15) is 4.79 Å². The van der Waals surface area contributed by atoms with Crippen LogP contribution in [0, 0.1) is 0 Å². The summed E-state index contributed by atoms with van der Waals surface area (Å²) in [4.78, 5) is 15.8. The van der Waals surface area contributed by atoms with Crippen molar-refractivity contribution in [3.05, 3.63) is 41.2 Å². The fourth-order valence-corrected chi connectivity index (χ4v) is 1.98. The Labute approximate surface area is 128 Å². The van der Waals surface area contributed by atoms with Crippen molar-refractivity contribution >= 4 is 23.5 Å². The zero-order chi connectivity index (χ0) is 15.2. The zero-order valence-corrected chi connectivity index (χ0v) is 12.5. The van der Waals surface area contributed by atoms with Gasteiger partial charge in [0.1, 0.15) is 6.33 Å². The number of benzene rings is 1. The van der Waals surface area contributed by atoms with Gasteiger partial charge in [-0.3, -0.25) is 10.1 Å². The maximum atomic E-state index is 11.8. The third kappa shape index (κ3) is 4.54. The molecule has 1 heterocycles. The van der Waals surface area contributed by atoms with E-state index in [1.54, 1.807) is 11.0 Å². The molecule has 0 saturated heterocycles. The summed E-state index contributed by atoms with van der Waals surface area (Å²) < 4.78 is 1.64. The van der Waals surface area contributed by atoms with Gasteiger partial charge in [-0.25, -0.2) is 9.67 Å². The number of nitrogens with one attached hydrogen (secondary N) is 1. The molecule has 1 aromatic heterocycles. The van der Waals surface area contributed by atoms with E-state index in [0.717, 1.165) is 12.0 Å². The Bertz CT molecular complexity index is 596. The molecule has 0 aliphatic heterocycles. The Kier molecular flexibility index (Phi) is 5.30. The van der Waals surface area contributed by atoms with Gasteiger partial charge >= 0.3 is 0 Å². The monoisotopic (exact) mass is 307 g/mol. The SMILES string of the molecule is CCCC(N)C(=O)Nc1ncn(Cc2ccc(Cl)cc2)n1. The zero-order valence-electron chi connectivity index (χ0n) is 11.8. The lowest BCUT2D eigenvalue weighted by Crippen LogP contribution is -2.35. The molecule has 0 saturated carbocycles. The predicted octanol–water partition coefficient (Wildman–Crippen LogP) is 2.05. The highest BCUT2D eigenvalue weighted by atomic mass is 35.5. The fourth-order valence-electron chi connectivity index (χ4n) is 1.85. The molecule has 0 fully saturated rings. The first-order chi connectivity index (χ1) is 10.1. The van der Waals surface area contributed by atoms with Crippen LogP contribution < -0.4 is 11.1 Å². The number of nitrogens with zero attached hydrogens (tertiary/aromatic N) is 3. The van der Waals surface area contributed by atoms with Gasteiger partial charge in [0.05, 0.1) is 12.6 Å². The van der Waals surface area contributed by atoms with E-state index in [2.05, 4.69) is 15.4 Å². The van der Waals surface area contributed by atoms with Crippen LogP contribution in [0.5, 0.6) is 0 Å². The van der Waals surface area contributed by atoms with E-state index in [0.29, 0.717) is 18.0 Å². The van der Waals surface area contributed by atoms with Crippen molar-refractivity contribution in [2.45, 2.75) is 32.4 Å². The first-order valence-electron chi connectivity index (χ1n) is 6.79. The van der Waals surface area contributed by atoms with Crippen LogP contribution in [0.25, 0.3) is 0 Å². The van der Waals surface area contributed by atoms with Gasteiger partial charge in [0, 0.05) is 5.02 Å². The Morgan fingerprint density at radius 3 is 2.81 bits per heavy atom. The van der Waals surface area contributed by atoms with Crippen LogP contribution in [-0.4, -0.2) is 26.7 Å². The summed E-state index contributed by atoms with van der Waals surface area (Å²) >= 11 is 5.84. The van der Waals surface area contributed by atoms with Crippen molar-refractivity contribution in [2.24, 2.45) is 5.73 Å². The molecule has 0 bridgehead atoms. The lowest BCUT2D eigenvalue weighted by Gasteiger charge is -2.08. The lowest BCUT2D eigenvalue weighted by molar-refractivity contribution is -0.117. The first-order valence-corrected chi connectivity index (χ1v) is 7.16. The standard InChI is InChI=1S/C14H18ClN5O/c1-2-3-12(16)13(21)18-14-17-9-20(19-14)8-10-4-6-11(15)7-5-10/h4-7,9,12H,2-3,8,16H2,1H3,(H,18,19,21). The predicted molar refractivity (Wildman–Crippen MR) is 82.1 cm³/mol. The van der Waals surface area contributed by atoms with E-state index in [-0.39, 0.29) is 11.9 Å². The highest BCUT2D eigenvalue weighted by Gasteiger charge is 2.14. The van der Waals surface area contributed by atoms with Gasteiger partial charge < -0.3 is 5.73 Å². The summed E-state index contributed by atoms with van der Waals surface area (Å²) in [5.74, 6) is 0.00149. The second kappa shape index (κ2) is 7.19. The average molecular weight is 308 g/mol. The molecule has 6 nitrogen and oxygen atoms in total. The number of amides is 1. The lowest BCUT2D eigenvalue weighted by atomic mass is 10.2. The molecule has 21 heavy (non-hydrogen) atoms. The topological polar surface area (TPSA) is 85.8 Å². The molecule has 2 aromatic rings. The van der Waals surface area contributed by atoms with Gasteiger partial charge in [-0.05, 0) is 24.1 Å². The van der Waals surface area contributed by atoms with Crippen molar-refractivity contribution in [1.82, 2.24) is 14.8 Å². The molecular weight excluding hydrogens is 290 g/mol. The molecule has 0 aliphatic carbocycles. The molecule has 1 amide bonds. The number of rotatable bonds is 6. The van der Waals surface area contributed by atoms with Crippen LogP contribution in [0.15, 0.2) is 30.6 Å². The number of carbonyl (C=O) groups is 1. The summed E-state index contributed by atoms with van der Waals surface area (Å²) in [5.41, 5.74) is 6.78. The van der Waals surface area contributed by atoms with Crippen LogP contribution in [0.4, 0.5) is 5.95 Å². The number of hydrogen-bond donors (Lipinski definition) is 2.